The van der Waals surface area contributed by atoms with Crippen LogP contribution in [0.25, 0.3) is 0 Å². The first-order chi connectivity index (χ1) is 18.8. The number of benzene rings is 2. The Bertz CT molecular complexity index is 1320. The Balaban J connectivity index is 1.80. The number of hydrogen-bond acceptors (Lipinski definition) is 7. The molecular weight excluding hydrogens is 538 g/mol. The molecule has 1 fully saturated rings. The highest BCUT2D eigenvalue weighted by atomic mass is 35.5. The standard InChI is InChI=1S/C28H32ClN5O4S/c1-2-38-20-14-12-17(13-15-20)24(27(36)32-19-9-4-3-5-10-19)34(16-18-8-6-7-11-21(18)29)28(37)25-22(30)23(26(31)35)33-39-25/h6-8,11-15,19,24H,2-5,9-10,16,30H2,1H3,(H2,31,35)(H,32,36)/t24-/m1/s1. The molecule has 5 N–H and O–H groups in total. The van der Waals surface area contributed by atoms with E-state index < -0.39 is 17.9 Å². The zero-order chi connectivity index (χ0) is 27.9. The van der Waals surface area contributed by atoms with Crippen molar-refractivity contribution in [1.29, 1.82) is 0 Å². The van der Waals surface area contributed by atoms with Crippen LogP contribution in [0.1, 0.15) is 76.4 Å². The summed E-state index contributed by atoms with van der Waals surface area (Å²) in [7, 11) is 0. The third kappa shape index (κ3) is 6.69. The van der Waals surface area contributed by atoms with Crippen molar-refractivity contribution in [3.05, 3.63) is 75.3 Å². The van der Waals surface area contributed by atoms with Gasteiger partial charge in [-0.2, -0.15) is 4.37 Å². The summed E-state index contributed by atoms with van der Waals surface area (Å²) in [6.45, 7) is 2.39. The van der Waals surface area contributed by atoms with E-state index in [1.807, 2.05) is 13.0 Å². The van der Waals surface area contributed by atoms with E-state index in [-0.39, 0.29) is 34.8 Å². The Morgan fingerprint density at radius 2 is 1.82 bits per heavy atom. The van der Waals surface area contributed by atoms with Gasteiger partial charge in [-0.15, -0.1) is 0 Å². The molecule has 1 heterocycles. The summed E-state index contributed by atoms with van der Waals surface area (Å²) < 4.78 is 9.58. The summed E-state index contributed by atoms with van der Waals surface area (Å²) in [5.74, 6) is -1.06. The van der Waals surface area contributed by atoms with Gasteiger partial charge in [-0.25, -0.2) is 0 Å². The van der Waals surface area contributed by atoms with Crippen LogP contribution in [0.15, 0.2) is 48.5 Å². The molecule has 11 heteroatoms. The number of carbonyl (C=O) groups excluding carboxylic acids is 3. The molecule has 1 saturated carbocycles. The first-order valence-electron chi connectivity index (χ1n) is 12.9. The van der Waals surface area contributed by atoms with Gasteiger partial charge in [0, 0.05) is 17.6 Å². The Labute approximate surface area is 236 Å². The van der Waals surface area contributed by atoms with Crippen molar-refractivity contribution >= 4 is 46.5 Å². The maximum atomic E-state index is 14.1. The van der Waals surface area contributed by atoms with Gasteiger partial charge in [0.15, 0.2) is 5.69 Å². The number of amides is 3. The van der Waals surface area contributed by atoms with Crippen LogP contribution < -0.4 is 21.5 Å². The number of halogens is 1. The van der Waals surface area contributed by atoms with Gasteiger partial charge in [0.2, 0.25) is 5.91 Å². The van der Waals surface area contributed by atoms with Crippen LogP contribution in [-0.2, 0) is 11.3 Å². The maximum absolute atomic E-state index is 14.1. The van der Waals surface area contributed by atoms with Crippen LogP contribution in [0.2, 0.25) is 5.02 Å². The molecular formula is C28H32ClN5O4S. The summed E-state index contributed by atoms with van der Waals surface area (Å²) in [4.78, 5) is 41.3. The van der Waals surface area contributed by atoms with Crippen molar-refractivity contribution in [1.82, 2.24) is 14.6 Å². The summed E-state index contributed by atoms with van der Waals surface area (Å²) >= 11 is 7.26. The second kappa shape index (κ2) is 12.9. The molecule has 1 atom stereocenters. The van der Waals surface area contributed by atoms with Gasteiger partial charge in [-0.3, -0.25) is 14.4 Å². The van der Waals surface area contributed by atoms with Crippen molar-refractivity contribution in [2.24, 2.45) is 5.73 Å². The molecule has 1 aliphatic rings. The predicted octanol–water partition coefficient (Wildman–Crippen LogP) is 4.71. The lowest BCUT2D eigenvalue weighted by molar-refractivity contribution is -0.127. The van der Waals surface area contributed by atoms with Crippen molar-refractivity contribution in [2.45, 2.75) is 57.7 Å². The van der Waals surface area contributed by atoms with E-state index in [1.54, 1.807) is 42.5 Å². The average Bonchev–Trinajstić information content (AvgIpc) is 3.32. The van der Waals surface area contributed by atoms with Crippen molar-refractivity contribution in [2.75, 3.05) is 12.3 Å². The normalized spacial score (nSPS) is 14.4. The molecule has 39 heavy (non-hydrogen) atoms. The quantitative estimate of drug-likeness (QED) is 0.323. The number of nitrogens with zero attached hydrogens (tertiary/aromatic N) is 2. The highest BCUT2D eigenvalue weighted by Crippen LogP contribution is 2.32. The Kier molecular flexibility index (Phi) is 9.42. The molecule has 3 amide bonds. The molecule has 1 aromatic heterocycles. The second-order valence-electron chi connectivity index (χ2n) is 9.41. The van der Waals surface area contributed by atoms with Crippen LogP contribution in [-0.4, -0.2) is 39.6 Å². The van der Waals surface area contributed by atoms with E-state index in [4.69, 9.17) is 27.8 Å². The molecule has 206 valence electrons. The number of anilines is 1. The Morgan fingerprint density at radius 3 is 2.44 bits per heavy atom. The highest BCUT2D eigenvalue weighted by molar-refractivity contribution is 7.09. The number of hydrogen-bond donors (Lipinski definition) is 3. The number of ether oxygens (including phenoxy) is 1. The second-order valence-corrected chi connectivity index (χ2v) is 10.6. The van der Waals surface area contributed by atoms with Gasteiger partial charge in [-0.05, 0) is 60.6 Å². The van der Waals surface area contributed by atoms with Crippen molar-refractivity contribution in [3.63, 3.8) is 0 Å². The lowest BCUT2D eigenvalue weighted by Crippen LogP contribution is -2.46. The van der Waals surface area contributed by atoms with Gasteiger partial charge >= 0.3 is 0 Å². The third-order valence-electron chi connectivity index (χ3n) is 6.73. The third-order valence-corrected chi connectivity index (χ3v) is 7.95. The average molecular weight is 570 g/mol. The maximum Gasteiger partial charge on any atom is 0.270 e. The fourth-order valence-electron chi connectivity index (χ4n) is 4.76. The van der Waals surface area contributed by atoms with Crippen LogP contribution in [0.3, 0.4) is 0 Å². The predicted molar refractivity (Wildman–Crippen MR) is 152 cm³/mol. The van der Waals surface area contributed by atoms with Gasteiger partial charge < -0.3 is 26.4 Å². The van der Waals surface area contributed by atoms with E-state index in [0.717, 1.165) is 43.6 Å². The molecule has 0 radical (unpaired) electrons. The smallest absolute Gasteiger partial charge is 0.270 e. The molecule has 3 aromatic rings. The molecule has 0 bridgehead atoms. The molecule has 0 aliphatic heterocycles. The number of nitrogens with one attached hydrogen (secondary N) is 1. The lowest BCUT2D eigenvalue weighted by atomic mass is 9.94. The van der Waals surface area contributed by atoms with E-state index >= 15 is 0 Å². The van der Waals surface area contributed by atoms with Crippen LogP contribution in [0, 0.1) is 0 Å². The molecule has 9 nitrogen and oxygen atoms in total. The molecule has 0 unspecified atom stereocenters. The van der Waals surface area contributed by atoms with Gasteiger partial charge in [0.05, 0.1) is 12.3 Å². The fraction of sp³-hybridized carbons (Fsp3) is 0.357. The zero-order valence-electron chi connectivity index (χ0n) is 21.7. The highest BCUT2D eigenvalue weighted by Gasteiger charge is 2.36. The van der Waals surface area contributed by atoms with Gasteiger partial charge in [0.1, 0.15) is 16.7 Å². The molecule has 0 saturated heterocycles. The summed E-state index contributed by atoms with van der Waals surface area (Å²) in [5.41, 5.74) is 12.5. The number of carbonyl (C=O) groups is 3. The minimum atomic E-state index is -1.02. The number of nitrogens with two attached hydrogens (primary N) is 2. The number of rotatable bonds is 10. The van der Waals surface area contributed by atoms with E-state index in [0.29, 0.717) is 28.5 Å². The minimum absolute atomic E-state index is 0.0116. The Hall–Kier alpha value is -3.63. The summed E-state index contributed by atoms with van der Waals surface area (Å²) in [6.07, 6.45) is 4.97. The molecule has 0 spiro atoms. The van der Waals surface area contributed by atoms with Gasteiger partial charge in [0.25, 0.3) is 11.8 Å². The topological polar surface area (TPSA) is 141 Å². The zero-order valence-corrected chi connectivity index (χ0v) is 23.3. The number of aromatic nitrogens is 1. The number of nitrogen functional groups attached to an aromatic ring is 1. The summed E-state index contributed by atoms with van der Waals surface area (Å²) in [5, 5.41) is 3.62. The first kappa shape index (κ1) is 28.4. The largest absolute Gasteiger partial charge is 0.494 e. The lowest BCUT2D eigenvalue weighted by Gasteiger charge is -2.33. The first-order valence-corrected chi connectivity index (χ1v) is 14.1. The molecule has 1 aliphatic carbocycles. The molecule has 2 aromatic carbocycles. The Morgan fingerprint density at radius 1 is 1.13 bits per heavy atom. The minimum Gasteiger partial charge on any atom is -0.494 e. The van der Waals surface area contributed by atoms with E-state index in [1.165, 1.54) is 4.90 Å². The molecule has 4 rings (SSSR count). The summed E-state index contributed by atoms with van der Waals surface area (Å²) in [6, 6.07) is 13.2. The van der Waals surface area contributed by atoms with Crippen LogP contribution >= 0.6 is 23.1 Å². The SMILES string of the molecule is CCOc1ccc([C@H](C(=O)NC2CCCCC2)N(Cc2ccccc2Cl)C(=O)c2snc(C(N)=O)c2N)cc1. The van der Waals surface area contributed by atoms with Crippen LogP contribution in [0.4, 0.5) is 5.69 Å². The van der Waals surface area contributed by atoms with E-state index in [9.17, 15) is 14.4 Å². The van der Waals surface area contributed by atoms with Crippen LogP contribution in [0.5, 0.6) is 5.75 Å². The van der Waals surface area contributed by atoms with Crippen molar-refractivity contribution in [3.8, 4) is 5.75 Å². The number of primary amides is 1. The van der Waals surface area contributed by atoms with E-state index in [2.05, 4.69) is 9.69 Å². The fourth-order valence-corrected chi connectivity index (χ4v) is 5.72. The monoisotopic (exact) mass is 569 g/mol. The van der Waals surface area contributed by atoms with Crippen molar-refractivity contribution < 1.29 is 19.1 Å². The van der Waals surface area contributed by atoms with Gasteiger partial charge in [-0.1, -0.05) is 61.2 Å².